The number of halogens is 2. The van der Waals surface area contributed by atoms with Crippen molar-refractivity contribution in [2.45, 2.75) is 6.10 Å². The van der Waals surface area contributed by atoms with Crippen LogP contribution in [-0.4, -0.2) is 11.7 Å². The SMILES string of the molecule is OC(COc1ccccc1F)c1ccc(Cl)o1. The highest BCUT2D eigenvalue weighted by Crippen LogP contribution is 2.22. The van der Waals surface area contributed by atoms with E-state index < -0.39 is 11.9 Å². The molecule has 0 bridgehead atoms. The number of hydrogen-bond acceptors (Lipinski definition) is 3. The van der Waals surface area contributed by atoms with E-state index in [4.69, 9.17) is 20.8 Å². The quantitative estimate of drug-likeness (QED) is 0.914. The van der Waals surface area contributed by atoms with Gasteiger partial charge >= 0.3 is 0 Å². The lowest BCUT2D eigenvalue weighted by molar-refractivity contribution is 0.0869. The topological polar surface area (TPSA) is 42.6 Å². The van der Waals surface area contributed by atoms with Crippen molar-refractivity contribution in [1.82, 2.24) is 0 Å². The molecule has 0 aliphatic rings. The van der Waals surface area contributed by atoms with E-state index in [0.29, 0.717) is 0 Å². The lowest BCUT2D eigenvalue weighted by Crippen LogP contribution is -2.09. The van der Waals surface area contributed by atoms with Gasteiger partial charge in [-0.25, -0.2) is 4.39 Å². The standard InChI is InChI=1S/C12H10ClFO3/c13-12-6-5-11(17-12)9(15)7-16-10-4-2-1-3-8(10)14/h1-6,9,15H,7H2. The molecule has 0 saturated heterocycles. The van der Waals surface area contributed by atoms with E-state index in [0.717, 1.165) is 0 Å². The Balaban J connectivity index is 1.97. The van der Waals surface area contributed by atoms with Crippen molar-refractivity contribution in [1.29, 1.82) is 0 Å². The van der Waals surface area contributed by atoms with E-state index in [2.05, 4.69) is 0 Å². The number of para-hydroxylation sites is 1. The molecule has 0 radical (unpaired) electrons. The van der Waals surface area contributed by atoms with Gasteiger partial charge in [-0.05, 0) is 35.9 Å². The normalized spacial score (nSPS) is 12.4. The molecule has 0 saturated carbocycles. The Hall–Kier alpha value is -1.52. The van der Waals surface area contributed by atoms with Gasteiger partial charge in [0.25, 0.3) is 0 Å². The molecule has 0 aliphatic heterocycles. The summed E-state index contributed by atoms with van der Waals surface area (Å²) in [5.41, 5.74) is 0. The molecule has 0 aliphatic carbocycles. The van der Waals surface area contributed by atoms with Crippen LogP contribution < -0.4 is 4.74 Å². The van der Waals surface area contributed by atoms with Crippen molar-refractivity contribution in [3.8, 4) is 5.75 Å². The van der Waals surface area contributed by atoms with E-state index in [1.54, 1.807) is 12.1 Å². The van der Waals surface area contributed by atoms with Crippen LogP contribution in [0.4, 0.5) is 4.39 Å². The molecular formula is C12H10ClFO3. The number of furan rings is 1. The van der Waals surface area contributed by atoms with Gasteiger partial charge in [0.05, 0.1) is 0 Å². The summed E-state index contributed by atoms with van der Waals surface area (Å²) in [6.45, 7) is -0.106. The fraction of sp³-hybridized carbons (Fsp3) is 0.167. The number of rotatable bonds is 4. The summed E-state index contributed by atoms with van der Waals surface area (Å²) in [6.07, 6.45) is -0.984. The average Bonchev–Trinajstić information content (AvgIpc) is 2.74. The average molecular weight is 257 g/mol. The van der Waals surface area contributed by atoms with Gasteiger partial charge in [-0.15, -0.1) is 0 Å². The lowest BCUT2D eigenvalue weighted by atomic mass is 10.3. The first kappa shape index (κ1) is 12.0. The first-order valence-corrected chi connectivity index (χ1v) is 5.35. The Bertz CT molecular complexity index is 498. The summed E-state index contributed by atoms with van der Waals surface area (Å²) in [5, 5.41) is 9.87. The van der Waals surface area contributed by atoms with Crippen molar-refractivity contribution in [3.63, 3.8) is 0 Å². The van der Waals surface area contributed by atoms with Crippen LogP contribution in [0.3, 0.4) is 0 Å². The maximum atomic E-state index is 13.2. The van der Waals surface area contributed by atoms with Crippen LogP contribution in [-0.2, 0) is 0 Å². The maximum absolute atomic E-state index is 13.2. The van der Waals surface area contributed by atoms with Gasteiger partial charge in [-0.1, -0.05) is 12.1 Å². The molecule has 1 heterocycles. The molecule has 5 heteroatoms. The highest BCUT2D eigenvalue weighted by Gasteiger charge is 2.13. The van der Waals surface area contributed by atoms with E-state index in [-0.39, 0.29) is 23.3 Å². The zero-order valence-electron chi connectivity index (χ0n) is 8.77. The van der Waals surface area contributed by atoms with Crippen molar-refractivity contribution < 1.29 is 18.7 Å². The van der Waals surface area contributed by atoms with Crippen LogP contribution in [0, 0.1) is 5.82 Å². The summed E-state index contributed by atoms with van der Waals surface area (Å²) < 4.78 is 23.3. The zero-order valence-corrected chi connectivity index (χ0v) is 9.52. The smallest absolute Gasteiger partial charge is 0.193 e. The molecule has 0 fully saturated rings. The van der Waals surface area contributed by atoms with Crippen LogP contribution in [0.15, 0.2) is 40.8 Å². The fourth-order valence-electron chi connectivity index (χ4n) is 1.32. The van der Waals surface area contributed by atoms with Gasteiger partial charge < -0.3 is 14.3 Å². The molecule has 2 rings (SSSR count). The number of benzene rings is 1. The Kier molecular flexibility index (Phi) is 3.66. The van der Waals surface area contributed by atoms with Crippen LogP contribution >= 0.6 is 11.6 Å². The summed E-state index contributed by atoms with van der Waals surface area (Å²) in [5.74, 6) is -0.104. The summed E-state index contributed by atoms with van der Waals surface area (Å²) in [7, 11) is 0. The predicted molar refractivity (Wildman–Crippen MR) is 60.6 cm³/mol. The van der Waals surface area contributed by atoms with Crippen molar-refractivity contribution >= 4 is 11.6 Å². The van der Waals surface area contributed by atoms with E-state index in [1.165, 1.54) is 24.3 Å². The third-order valence-electron chi connectivity index (χ3n) is 2.16. The summed E-state index contributed by atoms with van der Waals surface area (Å²) >= 11 is 5.57. The van der Waals surface area contributed by atoms with Gasteiger partial charge in [-0.3, -0.25) is 0 Å². The van der Waals surface area contributed by atoms with Gasteiger partial charge in [-0.2, -0.15) is 0 Å². The second-order valence-corrected chi connectivity index (χ2v) is 3.77. The van der Waals surface area contributed by atoms with Crippen LogP contribution in [0.25, 0.3) is 0 Å². The minimum absolute atomic E-state index is 0.0872. The first-order chi connectivity index (χ1) is 8.16. The fourth-order valence-corrected chi connectivity index (χ4v) is 1.47. The van der Waals surface area contributed by atoms with Crippen molar-refractivity contribution in [3.05, 3.63) is 53.2 Å². The van der Waals surface area contributed by atoms with Crippen LogP contribution in [0.2, 0.25) is 5.22 Å². The minimum Gasteiger partial charge on any atom is -0.487 e. The molecule has 1 N–H and O–H groups in total. The lowest BCUT2D eigenvalue weighted by Gasteiger charge is -2.10. The second-order valence-electron chi connectivity index (χ2n) is 3.40. The van der Waals surface area contributed by atoms with Gasteiger partial charge in [0.15, 0.2) is 16.8 Å². The summed E-state index contributed by atoms with van der Waals surface area (Å²) in [4.78, 5) is 0. The van der Waals surface area contributed by atoms with E-state index in [9.17, 15) is 9.50 Å². The van der Waals surface area contributed by atoms with Gasteiger partial charge in [0.1, 0.15) is 18.5 Å². The highest BCUT2D eigenvalue weighted by molar-refractivity contribution is 6.28. The first-order valence-electron chi connectivity index (χ1n) is 4.97. The minimum atomic E-state index is -0.984. The Morgan fingerprint density at radius 3 is 2.71 bits per heavy atom. The number of hydrogen-bond donors (Lipinski definition) is 1. The molecule has 1 aromatic heterocycles. The molecular weight excluding hydrogens is 247 g/mol. The molecule has 1 unspecified atom stereocenters. The van der Waals surface area contributed by atoms with Gasteiger partial charge in [0.2, 0.25) is 0 Å². The monoisotopic (exact) mass is 256 g/mol. The molecule has 1 aromatic carbocycles. The molecule has 17 heavy (non-hydrogen) atoms. The molecule has 2 aromatic rings. The number of ether oxygens (including phenoxy) is 1. The molecule has 0 amide bonds. The molecule has 3 nitrogen and oxygen atoms in total. The van der Waals surface area contributed by atoms with Crippen LogP contribution in [0.5, 0.6) is 5.75 Å². The predicted octanol–water partition coefficient (Wildman–Crippen LogP) is 3.18. The Labute approximate surface area is 102 Å². The number of aliphatic hydroxyl groups excluding tert-OH is 1. The zero-order chi connectivity index (χ0) is 12.3. The highest BCUT2D eigenvalue weighted by atomic mass is 35.5. The third kappa shape index (κ3) is 2.99. The summed E-state index contributed by atoms with van der Waals surface area (Å²) in [6, 6.07) is 9.03. The van der Waals surface area contributed by atoms with Crippen LogP contribution in [0.1, 0.15) is 11.9 Å². The Morgan fingerprint density at radius 1 is 1.29 bits per heavy atom. The number of aliphatic hydroxyl groups is 1. The molecule has 90 valence electrons. The molecule has 1 atom stereocenters. The second kappa shape index (κ2) is 5.21. The van der Waals surface area contributed by atoms with Crippen molar-refractivity contribution in [2.24, 2.45) is 0 Å². The van der Waals surface area contributed by atoms with E-state index >= 15 is 0 Å². The van der Waals surface area contributed by atoms with E-state index in [1.807, 2.05) is 0 Å². The van der Waals surface area contributed by atoms with Crippen molar-refractivity contribution in [2.75, 3.05) is 6.61 Å². The largest absolute Gasteiger partial charge is 0.487 e. The molecule has 0 spiro atoms. The third-order valence-corrected chi connectivity index (χ3v) is 2.36. The Morgan fingerprint density at radius 2 is 2.06 bits per heavy atom. The maximum Gasteiger partial charge on any atom is 0.193 e. The van der Waals surface area contributed by atoms with Gasteiger partial charge in [0, 0.05) is 0 Å².